The Bertz CT molecular complexity index is 1200. The number of nitriles is 1. The summed E-state index contributed by atoms with van der Waals surface area (Å²) in [6.45, 7) is 5.02. The number of allylic oxidation sites excluding steroid dienone is 1. The van der Waals surface area contributed by atoms with Crippen LogP contribution in [-0.2, 0) is 11.2 Å². The van der Waals surface area contributed by atoms with Gasteiger partial charge in [0.25, 0.3) is 0 Å². The minimum Gasteiger partial charge on any atom is -0.490 e. The summed E-state index contributed by atoms with van der Waals surface area (Å²) < 4.78 is 7.07. The third kappa shape index (κ3) is 6.21. The van der Waals surface area contributed by atoms with Gasteiger partial charge in [0.1, 0.15) is 12.4 Å². The van der Waals surface area contributed by atoms with E-state index < -0.39 is 0 Å². The number of ether oxygens (including phenoxy) is 1. The normalized spacial score (nSPS) is 17.3. The number of amides is 1. The molecule has 0 aromatic heterocycles. The van der Waals surface area contributed by atoms with Crippen molar-refractivity contribution in [3.63, 3.8) is 0 Å². The summed E-state index contributed by atoms with van der Waals surface area (Å²) in [5.41, 5.74) is 4.01. The molecular weight excluding hydrogens is 500 g/mol. The van der Waals surface area contributed by atoms with E-state index in [0.717, 1.165) is 47.2 Å². The van der Waals surface area contributed by atoms with Crippen molar-refractivity contribution < 1.29 is 9.53 Å². The van der Waals surface area contributed by atoms with Crippen LogP contribution in [0.1, 0.15) is 30.4 Å². The van der Waals surface area contributed by atoms with E-state index >= 15 is 0 Å². The number of halogens is 1. The van der Waals surface area contributed by atoms with E-state index in [1.54, 1.807) is 0 Å². The molecule has 1 amide bonds. The van der Waals surface area contributed by atoms with E-state index in [9.17, 15) is 4.79 Å². The first-order valence-corrected chi connectivity index (χ1v) is 12.8. The number of carbonyl (C=O) groups excluding carboxylic acids is 1. The van der Waals surface area contributed by atoms with Crippen LogP contribution >= 0.6 is 15.9 Å². The van der Waals surface area contributed by atoms with Crippen LogP contribution in [0, 0.1) is 17.2 Å². The minimum atomic E-state index is -0.0139. The molecule has 1 aliphatic rings. The lowest BCUT2D eigenvalue weighted by Gasteiger charge is -2.25. The van der Waals surface area contributed by atoms with Gasteiger partial charge in [0.05, 0.1) is 22.1 Å². The van der Waals surface area contributed by atoms with Gasteiger partial charge in [0, 0.05) is 12.5 Å². The van der Waals surface area contributed by atoms with Crippen molar-refractivity contribution in [3.8, 4) is 22.9 Å². The van der Waals surface area contributed by atoms with Gasteiger partial charge in [-0.2, -0.15) is 5.26 Å². The summed E-state index contributed by atoms with van der Waals surface area (Å²) in [5.74, 6) is 0.952. The van der Waals surface area contributed by atoms with Crippen LogP contribution in [0.15, 0.2) is 89.9 Å². The van der Waals surface area contributed by atoms with Crippen LogP contribution in [0.4, 0.5) is 0 Å². The summed E-state index contributed by atoms with van der Waals surface area (Å²) >= 11 is 3.64. The highest BCUT2D eigenvalue weighted by Crippen LogP contribution is 2.33. The highest BCUT2D eigenvalue weighted by Gasteiger charge is 2.38. The molecule has 0 bridgehead atoms. The Morgan fingerprint density at radius 3 is 2.51 bits per heavy atom. The lowest BCUT2D eigenvalue weighted by Crippen LogP contribution is -2.38. The first-order valence-electron chi connectivity index (χ1n) is 12.0. The Balaban J connectivity index is 1.40. The van der Waals surface area contributed by atoms with Crippen LogP contribution in [0.3, 0.4) is 0 Å². The van der Waals surface area contributed by atoms with Gasteiger partial charge in [-0.1, -0.05) is 54.6 Å². The van der Waals surface area contributed by atoms with Crippen molar-refractivity contribution in [3.05, 3.63) is 101 Å². The van der Waals surface area contributed by atoms with E-state index in [0.29, 0.717) is 18.6 Å². The second-order valence-electron chi connectivity index (χ2n) is 8.88. The zero-order chi connectivity index (χ0) is 24.6. The second kappa shape index (κ2) is 11.9. The van der Waals surface area contributed by atoms with Crippen LogP contribution < -0.4 is 4.74 Å². The minimum absolute atomic E-state index is 0.0139. The van der Waals surface area contributed by atoms with Crippen molar-refractivity contribution in [2.45, 2.75) is 31.7 Å². The highest BCUT2D eigenvalue weighted by molar-refractivity contribution is 9.10. The van der Waals surface area contributed by atoms with Crippen LogP contribution in [0.25, 0.3) is 11.1 Å². The van der Waals surface area contributed by atoms with Crippen molar-refractivity contribution in [2.75, 3.05) is 13.2 Å². The van der Waals surface area contributed by atoms with Crippen molar-refractivity contribution in [1.82, 2.24) is 4.90 Å². The number of rotatable bonds is 10. The number of nitrogens with zero attached hydrogens (tertiary/aromatic N) is 2. The lowest BCUT2D eigenvalue weighted by molar-refractivity contribution is -0.132. The summed E-state index contributed by atoms with van der Waals surface area (Å²) in [7, 11) is 0. The second-order valence-corrected chi connectivity index (χ2v) is 9.73. The van der Waals surface area contributed by atoms with Gasteiger partial charge < -0.3 is 9.64 Å². The van der Waals surface area contributed by atoms with Gasteiger partial charge in [0.15, 0.2) is 0 Å². The standard InChI is InChI=1S/C30H29BrN2O2/c1-2-7-26-18-27(33(30(26)34)17-6-10-22-8-4-3-5-9-22)21-35-29-16-15-25(19-28(29)31)24-13-11-23(20-32)12-14-24/h2-5,8-9,11-16,19,26-27H,1,6-7,10,17-18,21H2/t26-,27+/m1/s1. The van der Waals surface area contributed by atoms with Gasteiger partial charge in [-0.3, -0.25) is 4.79 Å². The predicted octanol–water partition coefficient (Wildman–Crippen LogP) is 6.79. The molecule has 1 aliphatic heterocycles. The van der Waals surface area contributed by atoms with E-state index in [4.69, 9.17) is 10.00 Å². The first-order chi connectivity index (χ1) is 17.1. The molecule has 0 N–H and O–H groups in total. The predicted molar refractivity (Wildman–Crippen MR) is 143 cm³/mol. The van der Waals surface area contributed by atoms with Gasteiger partial charge in [0.2, 0.25) is 5.91 Å². The molecule has 3 aromatic carbocycles. The molecule has 35 heavy (non-hydrogen) atoms. The third-order valence-electron chi connectivity index (χ3n) is 6.50. The maximum atomic E-state index is 13.1. The summed E-state index contributed by atoms with van der Waals surface area (Å²) in [6.07, 6.45) is 5.21. The lowest BCUT2D eigenvalue weighted by atomic mass is 10.0. The number of hydrogen-bond acceptors (Lipinski definition) is 3. The average molecular weight is 529 g/mol. The molecule has 5 heteroatoms. The molecule has 0 unspecified atom stereocenters. The van der Waals surface area contributed by atoms with Gasteiger partial charge in [-0.15, -0.1) is 6.58 Å². The van der Waals surface area contributed by atoms with E-state index in [1.165, 1.54) is 5.56 Å². The fourth-order valence-corrected chi connectivity index (χ4v) is 5.13. The molecule has 1 fully saturated rings. The molecule has 0 aliphatic carbocycles. The summed E-state index contributed by atoms with van der Waals surface area (Å²) in [5, 5.41) is 9.01. The maximum absolute atomic E-state index is 13.1. The zero-order valence-corrected chi connectivity index (χ0v) is 21.3. The molecule has 0 spiro atoms. The van der Waals surface area contributed by atoms with E-state index in [-0.39, 0.29) is 17.9 Å². The molecule has 3 aromatic rings. The van der Waals surface area contributed by atoms with Crippen LogP contribution in [-0.4, -0.2) is 30.0 Å². The molecule has 0 saturated carbocycles. The average Bonchev–Trinajstić information content (AvgIpc) is 3.18. The molecule has 178 valence electrons. The number of likely N-dealkylation sites (tertiary alicyclic amines) is 1. The summed E-state index contributed by atoms with van der Waals surface area (Å²) in [6, 6.07) is 26.1. The molecule has 1 saturated heterocycles. The monoisotopic (exact) mass is 528 g/mol. The maximum Gasteiger partial charge on any atom is 0.226 e. The van der Waals surface area contributed by atoms with E-state index in [2.05, 4.69) is 52.8 Å². The Morgan fingerprint density at radius 2 is 1.83 bits per heavy atom. The molecule has 4 rings (SSSR count). The van der Waals surface area contributed by atoms with Crippen LogP contribution in [0.5, 0.6) is 5.75 Å². The SMILES string of the molecule is C=CC[C@@H]1C[C@@H](COc2ccc(-c3ccc(C#N)cc3)cc2Br)N(CCCc2ccccc2)C1=O. The number of carbonyl (C=O) groups is 1. The number of benzene rings is 3. The Labute approximate surface area is 216 Å². The molecule has 4 nitrogen and oxygen atoms in total. The first kappa shape index (κ1) is 24.8. The fourth-order valence-electron chi connectivity index (χ4n) is 4.64. The Morgan fingerprint density at radius 1 is 1.09 bits per heavy atom. The Kier molecular flexibility index (Phi) is 8.39. The van der Waals surface area contributed by atoms with Gasteiger partial charge in [-0.05, 0) is 82.6 Å². The number of aryl methyl sites for hydroxylation is 1. The highest BCUT2D eigenvalue weighted by atomic mass is 79.9. The molecular formula is C30H29BrN2O2. The quantitative estimate of drug-likeness (QED) is 0.272. The van der Waals surface area contributed by atoms with E-state index in [1.807, 2.05) is 59.5 Å². The smallest absolute Gasteiger partial charge is 0.226 e. The number of hydrogen-bond donors (Lipinski definition) is 0. The van der Waals surface area contributed by atoms with Gasteiger partial charge >= 0.3 is 0 Å². The molecule has 2 atom stereocenters. The topological polar surface area (TPSA) is 53.3 Å². The molecule has 1 heterocycles. The van der Waals surface area contributed by atoms with Crippen LogP contribution in [0.2, 0.25) is 0 Å². The van der Waals surface area contributed by atoms with Gasteiger partial charge in [-0.25, -0.2) is 0 Å². The van der Waals surface area contributed by atoms with Crippen molar-refractivity contribution >= 4 is 21.8 Å². The zero-order valence-electron chi connectivity index (χ0n) is 19.7. The van der Waals surface area contributed by atoms with Crippen molar-refractivity contribution in [1.29, 1.82) is 5.26 Å². The Hall–Kier alpha value is -3.36. The summed E-state index contributed by atoms with van der Waals surface area (Å²) in [4.78, 5) is 15.1. The van der Waals surface area contributed by atoms with Crippen molar-refractivity contribution in [2.24, 2.45) is 5.92 Å². The molecule has 0 radical (unpaired) electrons. The largest absolute Gasteiger partial charge is 0.490 e. The third-order valence-corrected chi connectivity index (χ3v) is 7.12. The fraction of sp³-hybridized carbons (Fsp3) is 0.267.